The Labute approximate surface area is 105 Å². The summed E-state index contributed by atoms with van der Waals surface area (Å²) in [5, 5.41) is 2.39. The molecule has 0 bridgehead atoms. The van der Waals surface area contributed by atoms with Crippen molar-refractivity contribution in [2.24, 2.45) is 0 Å². The highest BCUT2D eigenvalue weighted by Gasteiger charge is 2.08. The summed E-state index contributed by atoms with van der Waals surface area (Å²) in [6.07, 6.45) is 3.47. The Balaban J connectivity index is 2.48. The Morgan fingerprint density at radius 1 is 0.882 bits per heavy atom. The molecule has 17 heavy (non-hydrogen) atoms. The van der Waals surface area contributed by atoms with Crippen LogP contribution in [0.3, 0.4) is 0 Å². The number of hydrogen-bond acceptors (Lipinski definition) is 0. The van der Waals surface area contributed by atoms with Gasteiger partial charge in [-0.3, -0.25) is 0 Å². The van der Waals surface area contributed by atoms with E-state index in [9.17, 15) is 0 Å². The fraction of sp³-hybridized carbons (Fsp3) is 0. The zero-order chi connectivity index (χ0) is 12.8. The van der Waals surface area contributed by atoms with Crippen molar-refractivity contribution in [1.82, 2.24) is 0 Å². The molecule has 0 atom stereocenters. The zero-order valence-corrected chi connectivity index (χ0v) is 10.5. The summed E-state index contributed by atoms with van der Waals surface area (Å²) in [7, 11) is -0.761. The molecular formula is C16H15P. The molecule has 0 aliphatic rings. The molecule has 0 heterocycles. The van der Waals surface area contributed by atoms with Crippen molar-refractivity contribution in [2.45, 2.75) is 0 Å². The van der Waals surface area contributed by atoms with E-state index >= 15 is 0 Å². The van der Waals surface area contributed by atoms with Crippen LogP contribution in [0.5, 0.6) is 0 Å². The minimum Gasteiger partial charge on any atom is -0.0991 e. The first-order valence-electron chi connectivity index (χ1n) is 6.02. The van der Waals surface area contributed by atoms with Gasteiger partial charge in [-0.1, -0.05) is 85.2 Å². The summed E-state index contributed by atoms with van der Waals surface area (Å²) in [5.74, 6) is 0.623. The molecule has 0 nitrogen and oxygen atoms in total. The van der Waals surface area contributed by atoms with Crippen molar-refractivity contribution in [1.29, 1.82) is 0 Å². The summed E-state index contributed by atoms with van der Waals surface area (Å²) in [4.78, 5) is 0. The minimum atomic E-state index is -0.761. The van der Waals surface area contributed by atoms with Crippen LogP contribution in [0.1, 0.15) is 1.37 Å². The summed E-state index contributed by atoms with van der Waals surface area (Å²) in [6.45, 7) is 3.68. The number of allylic oxidation sites excluding steroid dienone is 2. The highest BCUT2D eigenvalue weighted by molar-refractivity contribution is 7.75. The Morgan fingerprint density at radius 3 is 1.76 bits per heavy atom. The standard InChI is InChI=1S/C16H15P/c1-2-3-14-17(15-10-6-4-7-11-15)16-12-8-5-9-13-16/h2-14H,1H2/b14-3+/i14D. The largest absolute Gasteiger partial charge is 0.0991 e. The van der Waals surface area contributed by atoms with Gasteiger partial charge in [0, 0.05) is 0 Å². The molecular weight excluding hydrogens is 223 g/mol. The van der Waals surface area contributed by atoms with Gasteiger partial charge in [-0.15, -0.1) is 0 Å². The number of rotatable bonds is 4. The normalized spacial score (nSPS) is 12.3. The van der Waals surface area contributed by atoms with Crippen LogP contribution in [0, 0.1) is 0 Å². The highest BCUT2D eigenvalue weighted by atomic mass is 31.1. The molecule has 0 spiro atoms. The molecule has 0 saturated heterocycles. The zero-order valence-electron chi connectivity index (χ0n) is 10.6. The van der Waals surface area contributed by atoms with Gasteiger partial charge in [0.25, 0.3) is 0 Å². The molecule has 0 N–H and O–H groups in total. The minimum absolute atomic E-state index is 0.623. The third kappa shape index (κ3) is 3.15. The molecule has 0 unspecified atom stereocenters. The quantitative estimate of drug-likeness (QED) is 0.562. The maximum atomic E-state index is 8.22. The maximum Gasteiger partial charge on any atom is 0.0635 e. The van der Waals surface area contributed by atoms with E-state index in [0.717, 1.165) is 0 Å². The second-order valence-corrected chi connectivity index (χ2v) is 5.50. The molecule has 2 aromatic rings. The predicted octanol–water partition coefficient (Wildman–Crippen LogP) is 3.82. The highest BCUT2D eigenvalue weighted by Crippen LogP contribution is 2.34. The van der Waals surface area contributed by atoms with Gasteiger partial charge >= 0.3 is 0 Å². The summed E-state index contributed by atoms with van der Waals surface area (Å²) in [6, 6.07) is 20.4. The fourth-order valence-electron chi connectivity index (χ4n) is 1.58. The van der Waals surface area contributed by atoms with Crippen molar-refractivity contribution in [3.8, 4) is 0 Å². The number of hydrogen-bond donors (Lipinski definition) is 0. The van der Waals surface area contributed by atoms with E-state index in [1.165, 1.54) is 10.6 Å². The van der Waals surface area contributed by atoms with Gasteiger partial charge in [0.1, 0.15) is 0 Å². The predicted molar refractivity (Wildman–Crippen MR) is 78.4 cm³/mol. The lowest BCUT2D eigenvalue weighted by molar-refractivity contribution is 1.75. The Kier molecular flexibility index (Phi) is 3.81. The molecule has 0 radical (unpaired) electrons. The van der Waals surface area contributed by atoms with Gasteiger partial charge in [0.15, 0.2) is 0 Å². The Hall–Kier alpha value is -1.65. The van der Waals surface area contributed by atoms with E-state index in [2.05, 4.69) is 30.8 Å². The monoisotopic (exact) mass is 239 g/mol. The third-order valence-electron chi connectivity index (χ3n) is 2.35. The molecule has 2 rings (SSSR count). The molecule has 0 amide bonds. The second-order valence-electron chi connectivity index (χ2n) is 3.54. The number of benzene rings is 2. The van der Waals surface area contributed by atoms with Crippen molar-refractivity contribution < 1.29 is 1.37 Å². The molecule has 0 fully saturated rings. The van der Waals surface area contributed by atoms with Gasteiger partial charge in [0.05, 0.1) is 1.37 Å². The first kappa shape index (κ1) is 10.5. The van der Waals surface area contributed by atoms with E-state index < -0.39 is 7.92 Å². The second kappa shape index (κ2) is 6.18. The first-order chi connectivity index (χ1) is 8.83. The van der Waals surface area contributed by atoms with Crippen LogP contribution in [-0.4, -0.2) is 0 Å². The van der Waals surface area contributed by atoms with E-state index in [0.29, 0.717) is 5.79 Å². The Bertz CT molecular complexity index is 492. The lowest BCUT2D eigenvalue weighted by Crippen LogP contribution is -2.09. The molecule has 0 saturated carbocycles. The van der Waals surface area contributed by atoms with Crippen LogP contribution < -0.4 is 10.6 Å². The summed E-state index contributed by atoms with van der Waals surface area (Å²) >= 11 is 0. The molecule has 2 aromatic carbocycles. The Morgan fingerprint density at radius 2 is 1.35 bits per heavy atom. The van der Waals surface area contributed by atoms with Gasteiger partial charge in [-0.2, -0.15) is 0 Å². The van der Waals surface area contributed by atoms with Crippen molar-refractivity contribution in [3.63, 3.8) is 0 Å². The molecule has 0 aliphatic heterocycles. The maximum absolute atomic E-state index is 8.22. The van der Waals surface area contributed by atoms with Crippen LogP contribution in [0.25, 0.3) is 0 Å². The van der Waals surface area contributed by atoms with Crippen LogP contribution in [0.2, 0.25) is 0 Å². The summed E-state index contributed by atoms with van der Waals surface area (Å²) < 4.78 is 8.22. The lowest BCUT2D eigenvalue weighted by atomic mass is 10.4. The lowest BCUT2D eigenvalue weighted by Gasteiger charge is -2.13. The smallest absolute Gasteiger partial charge is 0.0635 e. The van der Waals surface area contributed by atoms with Crippen LogP contribution >= 0.6 is 7.92 Å². The first-order valence-corrected chi connectivity index (χ1v) is 6.86. The van der Waals surface area contributed by atoms with E-state index in [1.807, 2.05) is 36.4 Å². The van der Waals surface area contributed by atoms with Crippen molar-refractivity contribution in [3.05, 3.63) is 85.2 Å². The van der Waals surface area contributed by atoms with Gasteiger partial charge in [-0.25, -0.2) is 0 Å². The fourth-order valence-corrected chi connectivity index (χ4v) is 3.37. The van der Waals surface area contributed by atoms with E-state index in [4.69, 9.17) is 1.37 Å². The third-order valence-corrected chi connectivity index (χ3v) is 4.39. The van der Waals surface area contributed by atoms with E-state index in [1.54, 1.807) is 12.2 Å². The molecule has 1 heteroatoms. The van der Waals surface area contributed by atoms with Gasteiger partial charge in [-0.05, 0) is 18.5 Å². The molecule has 0 aromatic heterocycles. The average Bonchev–Trinajstić information content (AvgIpc) is 2.42. The van der Waals surface area contributed by atoms with Gasteiger partial charge in [0.2, 0.25) is 0 Å². The molecule has 0 aliphatic carbocycles. The van der Waals surface area contributed by atoms with Crippen LogP contribution in [0.15, 0.2) is 85.2 Å². The van der Waals surface area contributed by atoms with Crippen molar-refractivity contribution >= 4 is 18.5 Å². The summed E-state index contributed by atoms with van der Waals surface area (Å²) in [5.41, 5.74) is 0. The van der Waals surface area contributed by atoms with E-state index in [-0.39, 0.29) is 0 Å². The van der Waals surface area contributed by atoms with Crippen molar-refractivity contribution in [2.75, 3.05) is 0 Å². The van der Waals surface area contributed by atoms with Gasteiger partial charge < -0.3 is 0 Å². The van der Waals surface area contributed by atoms with Crippen LogP contribution in [-0.2, 0) is 0 Å². The average molecular weight is 239 g/mol. The topological polar surface area (TPSA) is 0 Å². The molecule has 84 valence electrons. The SMILES string of the molecule is [2H]/C(=C\C=C)P(c1ccccc1)c1ccccc1. The van der Waals surface area contributed by atoms with Crippen LogP contribution in [0.4, 0.5) is 0 Å².